The smallest absolute Gasteiger partial charge is 0.0943 e. The number of aliphatic hydroxyl groups excluding tert-OH is 1. The second-order valence-electron chi connectivity index (χ2n) is 5.16. The molecular formula is C15H20BrClO2. The molecule has 1 aliphatic rings. The van der Waals surface area contributed by atoms with Crippen molar-refractivity contribution in [1.82, 2.24) is 0 Å². The number of aliphatic hydroxyl groups is 1. The van der Waals surface area contributed by atoms with Crippen LogP contribution in [0.25, 0.3) is 0 Å². The van der Waals surface area contributed by atoms with Crippen molar-refractivity contribution in [3.05, 3.63) is 33.3 Å². The molecule has 1 fully saturated rings. The number of hydrogen-bond donors (Lipinski definition) is 1. The second-order valence-corrected chi connectivity index (χ2v) is 6.48. The van der Waals surface area contributed by atoms with Gasteiger partial charge in [0.2, 0.25) is 0 Å². The maximum absolute atomic E-state index is 10.6. The molecule has 0 aliphatic heterocycles. The zero-order valence-electron chi connectivity index (χ0n) is 11.2. The van der Waals surface area contributed by atoms with Crippen LogP contribution in [-0.2, 0) is 11.2 Å². The predicted molar refractivity (Wildman–Crippen MR) is 81.7 cm³/mol. The Bertz CT molecular complexity index is 430. The van der Waals surface area contributed by atoms with Gasteiger partial charge in [0.05, 0.1) is 11.7 Å². The van der Waals surface area contributed by atoms with E-state index in [2.05, 4.69) is 15.9 Å². The van der Waals surface area contributed by atoms with Crippen molar-refractivity contribution >= 4 is 27.5 Å². The lowest BCUT2D eigenvalue weighted by Crippen LogP contribution is -2.43. The molecule has 1 N–H and O–H groups in total. The van der Waals surface area contributed by atoms with Gasteiger partial charge >= 0.3 is 0 Å². The molecule has 19 heavy (non-hydrogen) atoms. The van der Waals surface area contributed by atoms with E-state index >= 15 is 0 Å². The Hall–Kier alpha value is -0.0900. The van der Waals surface area contributed by atoms with E-state index < -0.39 is 6.10 Å². The van der Waals surface area contributed by atoms with Crippen LogP contribution in [0.1, 0.15) is 38.2 Å². The molecule has 1 atom stereocenters. The average Bonchev–Trinajstić information content (AvgIpc) is 2.83. The summed E-state index contributed by atoms with van der Waals surface area (Å²) < 4.78 is 6.84. The van der Waals surface area contributed by atoms with Crippen LogP contribution < -0.4 is 0 Å². The van der Waals surface area contributed by atoms with E-state index in [4.69, 9.17) is 16.3 Å². The van der Waals surface area contributed by atoms with Gasteiger partial charge in [-0.1, -0.05) is 46.4 Å². The molecule has 2 rings (SSSR count). The molecule has 0 spiro atoms. The van der Waals surface area contributed by atoms with Gasteiger partial charge in [-0.3, -0.25) is 0 Å². The minimum absolute atomic E-state index is 0.370. The molecule has 106 valence electrons. The summed E-state index contributed by atoms with van der Waals surface area (Å²) in [5.74, 6) is 0. The summed E-state index contributed by atoms with van der Waals surface area (Å²) in [5, 5.41) is 11.3. The molecule has 0 bridgehead atoms. The number of benzene rings is 1. The third kappa shape index (κ3) is 3.52. The first-order chi connectivity index (χ1) is 9.07. The largest absolute Gasteiger partial charge is 0.390 e. The first-order valence-corrected chi connectivity index (χ1v) is 8.00. The first kappa shape index (κ1) is 15.3. The quantitative estimate of drug-likeness (QED) is 0.858. The topological polar surface area (TPSA) is 29.5 Å². The zero-order chi connectivity index (χ0) is 13.9. The minimum Gasteiger partial charge on any atom is -0.390 e. The van der Waals surface area contributed by atoms with Crippen LogP contribution in [0.15, 0.2) is 22.7 Å². The van der Waals surface area contributed by atoms with Crippen LogP contribution in [0.5, 0.6) is 0 Å². The van der Waals surface area contributed by atoms with Crippen molar-refractivity contribution in [3.63, 3.8) is 0 Å². The van der Waals surface area contributed by atoms with E-state index in [0.717, 1.165) is 35.7 Å². The van der Waals surface area contributed by atoms with Gasteiger partial charge in [-0.15, -0.1) is 0 Å². The molecule has 0 radical (unpaired) electrons. The Labute approximate surface area is 128 Å². The Balaban J connectivity index is 2.12. The third-order valence-electron chi connectivity index (χ3n) is 3.92. The number of rotatable bonds is 5. The molecule has 1 saturated carbocycles. The van der Waals surface area contributed by atoms with E-state index in [-0.39, 0.29) is 5.60 Å². The maximum Gasteiger partial charge on any atom is 0.0943 e. The fourth-order valence-electron chi connectivity index (χ4n) is 2.92. The number of ether oxygens (including phenoxy) is 1. The summed E-state index contributed by atoms with van der Waals surface area (Å²) in [4.78, 5) is 0. The normalized spacial score (nSPS) is 19.6. The van der Waals surface area contributed by atoms with Crippen molar-refractivity contribution < 1.29 is 9.84 Å². The summed E-state index contributed by atoms with van der Waals surface area (Å²) >= 11 is 9.61. The highest BCUT2D eigenvalue weighted by molar-refractivity contribution is 9.10. The van der Waals surface area contributed by atoms with Crippen LogP contribution in [-0.4, -0.2) is 23.4 Å². The summed E-state index contributed by atoms with van der Waals surface area (Å²) in [6.45, 7) is 2.63. The highest BCUT2D eigenvalue weighted by atomic mass is 79.9. The van der Waals surface area contributed by atoms with Crippen LogP contribution in [0.3, 0.4) is 0 Å². The molecule has 1 aliphatic carbocycles. The average molecular weight is 348 g/mol. The second kappa shape index (κ2) is 6.57. The molecule has 1 unspecified atom stereocenters. The molecule has 1 aromatic carbocycles. The maximum atomic E-state index is 10.6. The summed E-state index contributed by atoms with van der Waals surface area (Å²) in [5.41, 5.74) is 0.605. The van der Waals surface area contributed by atoms with E-state index in [1.807, 2.05) is 25.1 Å². The van der Waals surface area contributed by atoms with Gasteiger partial charge in [0, 0.05) is 22.5 Å². The van der Waals surface area contributed by atoms with Gasteiger partial charge in [0.15, 0.2) is 0 Å². The van der Waals surface area contributed by atoms with E-state index in [1.165, 1.54) is 0 Å². The van der Waals surface area contributed by atoms with Gasteiger partial charge < -0.3 is 9.84 Å². The predicted octanol–water partition coefficient (Wildman–Crippen LogP) is 4.36. The van der Waals surface area contributed by atoms with Gasteiger partial charge in [-0.2, -0.15) is 0 Å². The Morgan fingerprint density at radius 3 is 2.68 bits per heavy atom. The molecule has 2 nitrogen and oxygen atoms in total. The van der Waals surface area contributed by atoms with E-state index in [0.29, 0.717) is 18.1 Å². The summed E-state index contributed by atoms with van der Waals surface area (Å²) in [6, 6.07) is 5.78. The zero-order valence-corrected chi connectivity index (χ0v) is 13.5. The van der Waals surface area contributed by atoms with Gasteiger partial charge in [-0.05, 0) is 37.5 Å². The number of hydrogen-bond acceptors (Lipinski definition) is 2. The monoisotopic (exact) mass is 346 g/mol. The lowest BCUT2D eigenvalue weighted by atomic mass is 9.89. The molecule has 0 heterocycles. The fourth-order valence-corrected chi connectivity index (χ4v) is 3.67. The van der Waals surface area contributed by atoms with Crippen LogP contribution >= 0.6 is 27.5 Å². The van der Waals surface area contributed by atoms with E-state index in [1.54, 1.807) is 0 Å². The highest BCUT2D eigenvalue weighted by Crippen LogP contribution is 2.38. The van der Waals surface area contributed by atoms with Crippen molar-refractivity contribution in [2.45, 2.75) is 50.7 Å². The Morgan fingerprint density at radius 1 is 1.42 bits per heavy atom. The molecule has 0 saturated heterocycles. The van der Waals surface area contributed by atoms with Crippen molar-refractivity contribution in [2.75, 3.05) is 6.61 Å². The van der Waals surface area contributed by atoms with Crippen molar-refractivity contribution in [3.8, 4) is 0 Å². The molecular weight excluding hydrogens is 328 g/mol. The van der Waals surface area contributed by atoms with Gasteiger partial charge in [0.25, 0.3) is 0 Å². The lowest BCUT2D eigenvalue weighted by Gasteiger charge is -2.34. The molecule has 4 heteroatoms. The van der Waals surface area contributed by atoms with Crippen molar-refractivity contribution in [2.24, 2.45) is 0 Å². The Morgan fingerprint density at radius 2 is 2.11 bits per heavy atom. The Kier molecular flexibility index (Phi) is 5.29. The fraction of sp³-hybridized carbons (Fsp3) is 0.600. The van der Waals surface area contributed by atoms with Gasteiger partial charge in [-0.25, -0.2) is 0 Å². The standard InChI is InChI=1S/C15H20BrClO2/c1-2-19-15(7-3-4-8-15)14(18)9-11-5-6-12(16)10-13(11)17/h5-6,10,14,18H,2-4,7-9H2,1H3. The SMILES string of the molecule is CCOC1(C(O)Cc2ccc(Br)cc2Cl)CCCC1. The summed E-state index contributed by atoms with van der Waals surface area (Å²) in [6.07, 6.45) is 4.20. The van der Waals surface area contributed by atoms with Crippen LogP contribution in [0.2, 0.25) is 5.02 Å². The van der Waals surface area contributed by atoms with Crippen LogP contribution in [0, 0.1) is 0 Å². The van der Waals surface area contributed by atoms with Crippen molar-refractivity contribution in [1.29, 1.82) is 0 Å². The van der Waals surface area contributed by atoms with Gasteiger partial charge in [0.1, 0.15) is 0 Å². The molecule has 0 amide bonds. The third-order valence-corrected chi connectivity index (χ3v) is 4.76. The highest BCUT2D eigenvalue weighted by Gasteiger charge is 2.41. The first-order valence-electron chi connectivity index (χ1n) is 6.83. The minimum atomic E-state index is -0.492. The summed E-state index contributed by atoms with van der Waals surface area (Å²) in [7, 11) is 0. The molecule has 1 aromatic rings. The number of halogens is 2. The lowest BCUT2D eigenvalue weighted by molar-refractivity contribution is -0.115. The molecule has 0 aromatic heterocycles. The van der Waals surface area contributed by atoms with E-state index in [9.17, 15) is 5.11 Å². The van der Waals surface area contributed by atoms with Crippen LogP contribution in [0.4, 0.5) is 0 Å².